The molecule has 0 bridgehead atoms. The SMILES string of the molecule is Oc1cc2sc(F)cc2cc1F. The van der Waals surface area contributed by atoms with Crippen LogP contribution in [-0.4, -0.2) is 5.11 Å². The molecule has 0 saturated carbocycles. The number of thiophene rings is 1. The zero-order chi connectivity index (χ0) is 8.72. The van der Waals surface area contributed by atoms with Crippen molar-refractivity contribution in [3.05, 3.63) is 29.1 Å². The van der Waals surface area contributed by atoms with Gasteiger partial charge in [0.2, 0.25) is 0 Å². The normalized spacial score (nSPS) is 10.8. The van der Waals surface area contributed by atoms with Crippen LogP contribution in [0.1, 0.15) is 0 Å². The highest BCUT2D eigenvalue weighted by atomic mass is 32.1. The second kappa shape index (κ2) is 2.42. The molecule has 1 N–H and O–H groups in total. The lowest BCUT2D eigenvalue weighted by Gasteiger charge is -1.93. The number of hydrogen-bond acceptors (Lipinski definition) is 2. The molecule has 0 radical (unpaired) electrons. The van der Waals surface area contributed by atoms with Crippen molar-refractivity contribution in [1.29, 1.82) is 0 Å². The highest BCUT2D eigenvalue weighted by Gasteiger charge is 2.06. The van der Waals surface area contributed by atoms with Crippen molar-refractivity contribution in [1.82, 2.24) is 0 Å². The van der Waals surface area contributed by atoms with Crippen molar-refractivity contribution in [2.24, 2.45) is 0 Å². The Morgan fingerprint density at radius 3 is 2.67 bits per heavy atom. The zero-order valence-corrected chi connectivity index (χ0v) is 6.66. The Morgan fingerprint density at radius 2 is 1.92 bits per heavy atom. The van der Waals surface area contributed by atoms with Gasteiger partial charge in [0.25, 0.3) is 0 Å². The molecule has 0 aliphatic rings. The maximum atomic E-state index is 12.7. The number of hydrogen-bond donors (Lipinski definition) is 1. The highest BCUT2D eigenvalue weighted by Crippen LogP contribution is 2.29. The van der Waals surface area contributed by atoms with Gasteiger partial charge in [-0.3, -0.25) is 0 Å². The molecule has 0 saturated heterocycles. The predicted molar refractivity (Wildman–Crippen MR) is 43.4 cm³/mol. The molecule has 0 spiro atoms. The Morgan fingerprint density at radius 1 is 1.17 bits per heavy atom. The van der Waals surface area contributed by atoms with Crippen LogP contribution in [0.3, 0.4) is 0 Å². The number of phenolic OH excluding ortho intramolecular Hbond substituents is 1. The summed E-state index contributed by atoms with van der Waals surface area (Å²) in [5, 5.41) is 9.04. The van der Waals surface area contributed by atoms with Crippen LogP contribution in [0.4, 0.5) is 8.78 Å². The Kier molecular flexibility index (Phi) is 1.51. The van der Waals surface area contributed by atoms with Crippen LogP contribution in [0.15, 0.2) is 18.2 Å². The van der Waals surface area contributed by atoms with E-state index in [0.29, 0.717) is 10.1 Å². The second-order valence-electron chi connectivity index (χ2n) is 2.39. The third-order valence-corrected chi connectivity index (χ3v) is 2.44. The van der Waals surface area contributed by atoms with E-state index in [1.54, 1.807) is 0 Å². The molecule has 0 fully saturated rings. The first-order valence-corrected chi connectivity index (χ1v) is 4.06. The average Bonchev–Trinajstić information content (AvgIpc) is 2.30. The quantitative estimate of drug-likeness (QED) is 0.670. The molecule has 0 amide bonds. The van der Waals surface area contributed by atoms with E-state index >= 15 is 0 Å². The summed E-state index contributed by atoms with van der Waals surface area (Å²) in [4.78, 5) is 0. The summed E-state index contributed by atoms with van der Waals surface area (Å²) in [6, 6.07) is 3.57. The van der Waals surface area contributed by atoms with Crippen LogP contribution in [0.25, 0.3) is 10.1 Å². The molecule has 2 aromatic rings. The lowest BCUT2D eigenvalue weighted by molar-refractivity contribution is 0.434. The zero-order valence-electron chi connectivity index (χ0n) is 5.84. The van der Waals surface area contributed by atoms with Crippen LogP contribution in [-0.2, 0) is 0 Å². The van der Waals surface area contributed by atoms with Gasteiger partial charge >= 0.3 is 0 Å². The summed E-state index contributed by atoms with van der Waals surface area (Å²) in [5.74, 6) is -1.16. The molecule has 0 unspecified atom stereocenters. The van der Waals surface area contributed by atoms with Gasteiger partial charge in [-0.15, -0.1) is 11.3 Å². The Hall–Kier alpha value is -1.16. The molecule has 1 aromatic heterocycles. The maximum absolute atomic E-state index is 12.7. The van der Waals surface area contributed by atoms with Crippen molar-refractivity contribution >= 4 is 21.4 Å². The largest absolute Gasteiger partial charge is 0.505 e. The number of fused-ring (bicyclic) bond motifs is 1. The molecule has 1 aromatic carbocycles. The van der Waals surface area contributed by atoms with Crippen LogP contribution in [0.5, 0.6) is 5.75 Å². The Labute approximate surface area is 70.9 Å². The lowest BCUT2D eigenvalue weighted by atomic mass is 10.2. The van der Waals surface area contributed by atoms with E-state index in [1.165, 1.54) is 12.1 Å². The molecular weight excluding hydrogens is 182 g/mol. The van der Waals surface area contributed by atoms with E-state index in [0.717, 1.165) is 17.4 Å². The van der Waals surface area contributed by atoms with Gasteiger partial charge < -0.3 is 5.11 Å². The monoisotopic (exact) mass is 186 g/mol. The van der Waals surface area contributed by atoms with E-state index in [2.05, 4.69) is 0 Å². The average molecular weight is 186 g/mol. The van der Waals surface area contributed by atoms with E-state index in [1.807, 2.05) is 0 Å². The van der Waals surface area contributed by atoms with Crippen molar-refractivity contribution in [3.63, 3.8) is 0 Å². The number of benzene rings is 1. The van der Waals surface area contributed by atoms with Gasteiger partial charge in [0.15, 0.2) is 16.7 Å². The number of rotatable bonds is 0. The summed E-state index contributed by atoms with van der Waals surface area (Å²) < 4.78 is 25.8. The summed E-state index contributed by atoms with van der Waals surface area (Å²) in [6.45, 7) is 0. The number of halogens is 2. The molecule has 62 valence electrons. The minimum absolute atomic E-state index is 0.380. The summed E-state index contributed by atoms with van der Waals surface area (Å²) in [5.41, 5.74) is 0. The van der Waals surface area contributed by atoms with Crippen molar-refractivity contribution in [2.45, 2.75) is 0 Å². The molecular formula is C8H4F2OS. The van der Waals surface area contributed by atoms with Crippen molar-refractivity contribution < 1.29 is 13.9 Å². The first-order chi connectivity index (χ1) is 5.66. The summed E-state index contributed by atoms with van der Waals surface area (Å²) >= 11 is 0.882. The molecule has 2 rings (SSSR count). The third kappa shape index (κ3) is 1.04. The van der Waals surface area contributed by atoms with Gasteiger partial charge in [-0.2, -0.15) is 4.39 Å². The fourth-order valence-electron chi connectivity index (χ4n) is 1.02. The second-order valence-corrected chi connectivity index (χ2v) is 3.43. The maximum Gasteiger partial charge on any atom is 0.177 e. The third-order valence-electron chi connectivity index (χ3n) is 1.56. The molecule has 4 heteroatoms. The molecule has 0 aliphatic carbocycles. The Bertz CT molecular complexity index is 397. The summed E-state index contributed by atoms with van der Waals surface area (Å²) in [7, 11) is 0. The van der Waals surface area contributed by atoms with Gasteiger partial charge in [-0.1, -0.05) is 0 Å². The first kappa shape index (κ1) is 7.49. The van der Waals surface area contributed by atoms with Crippen LogP contribution >= 0.6 is 11.3 Å². The number of phenols is 1. The van der Waals surface area contributed by atoms with E-state index in [9.17, 15) is 8.78 Å². The molecule has 0 atom stereocenters. The minimum atomic E-state index is -0.722. The van der Waals surface area contributed by atoms with Gasteiger partial charge in [0, 0.05) is 10.8 Å². The van der Waals surface area contributed by atoms with Gasteiger partial charge in [0.1, 0.15) is 0 Å². The predicted octanol–water partition coefficient (Wildman–Crippen LogP) is 2.89. The van der Waals surface area contributed by atoms with E-state index in [-0.39, 0.29) is 5.13 Å². The fraction of sp³-hybridized carbons (Fsp3) is 0. The molecule has 1 nitrogen and oxygen atoms in total. The van der Waals surface area contributed by atoms with E-state index < -0.39 is 11.6 Å². The number of aromatic hydroxyl groups is 1. The highest BCUT2D eigenvalue weighted by molar-refractivity contribution is 7.17. The topological polar surface area (TPSA) is 20.2 Å². The summed E-state index contributed by atoms with van der Waals surface area (Å²) in [6.07, 6.45) is 0. The molecule has 0 aliphatic heterocycles. The molecule has 12 heavy (non-hydrogen) atoms. The van der Waals surface area contributed by atoms with E-state index in [4.69, 9.17) is 5.11 Å². The van der Waals surface area contributed by atoms with Crippen LogP contribution < -0.4 is 0 Å². The minimum Gasteiger partial charge on any atom is -0.505 e. The molecule has 1 heterocycles. The van der Waals surface area contributed by atoms with Gasteiger partial charge in [0.05, 0.1) is 0 Å². The smallest absolute Gasteiger partial charge is 0.177 e. The van der Waals surface area contributed by atoms with Crippen molar-refractivity contribution in [2.75, 3.05) is 0 Å². The van der Waals surface area contributed by atoms with Gasteiger partial charge in [-0.05, 0) is 17.5 Å². The van der Waals surface area contributed by atoms with Crippen LogP contribution in [0, 0.1) is 10.9 Å². The van der Waals surface area contributed by atoms with Crippen LogP contribution in [0.2, 0.25) is 0 Å². The fourth-order valence-corrected chi connectivity index (χ4v) is 1.82. The first-order valence-electron chi connectivity index (χ1n) is 3.24. The Balaban J connectivity index is 2.83. The lowest BCUT2D eigenvalue weighted by Crippen LogP contribution is -1.73. The van der Waals surface area contributed by atoms with Crippen molar-refractivity contribution in [3.8, 4) is 5.75 Å². The standard InChI is InChI=1S/C8H4F2OS/c9-5-1-4-2-8(10)12-7(4)3-6(5)11/h1-3,11H. The van der Waals surface area contributed by atoms with Gasteiger partial charge in [-0.25, -0.2) is 4.39 Å².